The van der Waals surface area contributed by atoms with Gasteiger partial charge in [0, 0.05) is 0 Å². The molecule has 0 radical (unpaired) electrons. The highest BCUT2D eigenvalue weighted by atomic mass is 16.3. The van der Waals surface area contributed by atoms with Gasteiger partial charge in [-0.15, -0.1) is 0 Å². The van der Waals surface area contributed by atoms with E-state index in [1.807, 2.05) is 0 Å². The molecule has 1 fully saturated rings. The Hall–Kier alpha value is -0.820. The molecule has 0 aliphatic heterocycles. The van der Waals surface area contributed by atoms with Crippen molar-refractivity contribution < 1.29 is 5.11 Å². The van der Waals surface area contributed by atoms with Crippen LogP contribution in [0.3, 0.4) is 0 Å². The van der Waals surface area contributed by atoms with Gasteiger partial charge in [-0.2, -0.15) is 0 Å². The Kier molecular flexibility index (Phi) is 4.30. The smallest absolute Gasteiger partial charge is 0.0818 e. The van der Waals surface area contributed by atoms with Crippen LogP contribution >= 0.6 is 0 Å². The normalized spacial score (nSPS) is 21.7. The second kappa shape index (κ2) is 5.52. The molecular weight excluding hydrogens is 244 g/mol. The van der Waals surface area contributed by atoms with Crippen molar-refractivity contribution in [1.29, 1.82) is 0 Å². The van der Waals surface area contributed by atoms with Crippen LogP contribution in [0.15, 0.2) is 24.3 Å². The summed E-state index contributed by atoms with van der Waals surface area (Å²) < 4.78 is 0. The van der Waals surface area contributed by atoms with Crippen LogP contribution in [0.25, 0.3) is 0 Å². The second-order valence-corrected chi connectivity index (χ2v) is 8.32. The highest BCUT2D eigenvalue weighted by molar-refractivity contribution is 5.29. The van der Waals surface area contributed by atoms with Gasteiger partial charge < -0.3 is 5.11 Å². The van der Waals surface area contributed by atoms with Crippen LogP contribution in [0.5, 0.6) is 0 Å². The lowest BCUT2D eigenvalue weighted by molar-refractivity contribution is 0.0567. The Morgan fingerprint density at radius 1 is 1.05 bits per heavy atom. The van der Waals surface area contributed by atoms with Crippen molar-refractivity contribution >= 4 is 0 Å². The first-order valence-electron chi connectivity index (χ1n) is 7.98. The van der Waals surface area contributed by atoms with Gasteiger partial charge in [0.05, 0.1) is 6.10 Å². The van der Waals surface area contributed by atoms with Crippen LogP contribution in [0.2, 0.25) is 0 Å². The molecule has 0 saturated heterocycles. The molecule has 1 atom stereocenters. The lowest BCUT2D eigenvalue weighted by Crippen LogP contribution is -2.25. The largest absolute Gasteiger partial charge is 0.388 e. The molecule has 0 spiro atoms. The summed E-state index contributed by atoms with van der Waals surface area (Å²) in [6, 6.07) is 8.58. The minimum Gasteiger partial charge on any atom is -0.388 e. The maximum Gasteiger partial charge on any atom is 0.0818 e. The Bertz CT molecular complexity index is 426. The zero-order chi connectivity index (χ0) is 15.0. The van der Waals surface area contributed by atoms with Gasteiger partial charge in [-0.05, 0) is 53.6 Å². The van der Waals surface area contributed by atoms with Gasteiger partial charge in [-0.25, -0.2) is 0 Å². The van der Waals surface area contributed by atoms with Crippen molar-refractivity contribution in [3.05, 3.63) is 35.4 Å². The maximum atomic E-state index is 10.6. The van der Waals surface area contributed by atoms with Gasteiger partial charge in [-0.1, -0.05) is 58.9 Å². The fourth-order valence-corrected chi connectivity index (χ4v) is 3.19. The monoisotopic (exact) mass is 274 g/mol. The minimum atomic E-state index is -0.292. The molecule has 1 N–H and O–H groups in total. The number of hydrogen-bond donors (Lipinski definition) is 1. The molecule has 112 valence electrons. The SMILES string of the molecule is CC1(C)CCC(C(O)c2ccc(C(C)(C)C)cc2)CC1. The summed E-state index contributed by atoms with van der Waals surface area (Å²) in [5.74, 6) is 0.434. The lowest BCUT2D eigenvalue weighted by Gasteiger charge is -2.36. The van der Waals surface area contributed by atoms with E-state index in [0.29, 0.717) is 11.3 Å². The molecule has 0 bridgehead atoms. The number of aliphatic hydroxyl groups is 1. The standard InChI is InChI=1S/C19H30O/c1-18(2,3)16-8-6-14(7-9-16)17(20)15-10-12-19(4,5)13-11-15/h6-9,15,17,20H,10-13H2,1-5H3. The van der Waals surface area contributed by atoms with Crippen LogP contribution in [-0.4, -0.2) is 5.11 Å². The summed E-state index contributed by atoms with van der Waals surface area (Å²) in [6.45, 7) is 11.4. The quantitative estimate of drug-likeness (QED) is 0.782. The summed E-state index contributed by atoms with van der Waals surface area (Å²) in [7, 11) is 0. The molecule has 0 amide bonds. The molecule has 1 nitrogen and oxygen atoms in total. The number of aliphatic hydroxyl groups excluding tert-OH is 1. The molecule has 1 aromatic carbocycles. The lowest BCUT2D eigenvalue weighted by atomic mass is 9.71. The number of hydrogen-bond acceptors (Lipinski definition) is 1. The highest BCUT2D eigenvalue weighted by Crippen LogP contribution is 2.42. The molecule has 20 heavy (non-hydrogen) atoms. The third kappa shape index (κ3) is 3.63. The van der Waals surface area contributed by atoms with E-state index in [2.05, 4.69) is 58.9 Å². The van der Waals surface area contributed by atoms with E-state index in [9.17, 15) is 5.11 Å². The Morgan fingerprint density at radius 3 is 2.00 bits per heavy atom. The third-order valence-corrected chi connectivity index (χ3v) is 4.95. The average molecular weight is 274 g/mol. The van der Waals surface area contributed by atoms with Crippen molar-refractivity contribution in [2.24, 2.45) is 11.3 Å². The van der Waals surface area contributed by atoms with Crippen LogP contribution in [0.4, 0.5) is 0 Å². The van der Waals surface area contributed by atoms with E-state index in [1.165, 1.54) is 18.4 Å². The Labute approximate surface area is 124 Å². The van der Waals surface area contributed by atoms with Crippen molar-refractivity contribution in [2.75, 3.05) is 0 Å². The van der Waals surface area contributed by atoms with Crippen molar-refractivity contribution in [2.45, 2.75) is 71.8 Å². The summed E-state index contributed by atoms with van der Waals surface area (Å²) in [4.78, 5) is 0. The van der Waals surface area contributed by atoms with Crippen molar-refractivity contribution in [1.82, 2.24) is 0 Å². The molecule has 2 rings (SSSR count). The highest BCUT2D eigenvalue weighted by Gasteiger charge is 2.31. The fourth-order valence-electron chi connectivity index (χ4n) is 3.19. The summed E-state index contributed by atoms with van der Waals surface area (Å²) >= 11 is 0. The third-order valence-electron chi connectivity index (χ3n) is 4.95. The fraction of sp³-hybridized carbons (Fsp3) is 0.684. The first-order chi connectivity index (χ1) is 9.19. The van der Waals surface area contributed by atoms with Crippen molar-refractivity contribution in [3.63, 3.8) is 0 Å². The minimum absolute atomic E-state index is 0.179. The van der Waals surface area contributed by atoms with Gasteiger partial charge in [0.25, 0.3) is 0 Å². The predicted molar refractivity (Wildman–Crippen MR) is 85.8 cm³/mol. The van der Waals surface area contributed by atoms with E-state index in [4.69, 9.17) is 0 Å². The first kappa shape index (κ1) is 15.6. The topological polar surface area (TPSA) is 20.2 Å². The molecule has 1 heteroatoms. The number of benzene rings is 1. The average Bonchev–Trinajstić information content (AvgIpc) is 2.37. The van der Waals surface area contributed by atoms with Crippen LogP contribution in [-0.2, 0) is 5.41 Å². The molecule has 1 unspecified atom stereocenters. The molecule has 0 heterocycles. The van der Waals surface area contributed by atoms with E-state index < -0.39 is 0 Å². The Morgan fingerprint density at radius 2 is 1.55 bits per heavy atom. The van der Waals surface area contributed by atoms with E-state index >= 15 is 0 Å². The molecular formula is C19H30O. The predicted octanol–water partition coefficient (Wildman–Crippen LogP) is 5.23. The maximum absolute atomic E-state index is 10.6. The summed E-state index contributed by atoms with van der Waals surface area (Å²) in [5.41, 5.74) is 3.06. The number of rotatable bonds is 2. The summed E-state index contributed by atoms with van der Waals surface area (Å²) in [5, 5.41) is 10.6. The first-order valence-corrected chi connectivity index (χ1v) is 7.98. The van der Waals surface area contributed by atoms with E-state index in [1.54, 1.807) is 0 Å². The summed E-state index contributed by atoms with van der Waals surface area (Å²) in [6.07, 6.45) is 4.47. The molecule has 1 saturated carbocycles. The van der Waals surface area contributed by atoms with Gasteiger partial charge in [-0.3, -0.25) is 0 Å². The molecule has 0 aromatic heterocycles. The van der Waals surface area contributed by atoms with Crippen LogP contribution in [0, 0.1) is 11.3 Å². The van der Waals surface area contributed by atoms with Gasteiger partial charge in [0.15, 0.2) is 0 Å². The Balaban J connectivity index is 2.05. The van der Waals surface area contributed by atoms with E-state index in [-0.39, 0.29) is 11.5 Å². The van der Waals surface area contributed by atoms with Gasteiger partial charge >= 0.3 is 0 Å². The van der Waals surface area contributed by atoms with Gasteiger partial charge in [0.2, 0.25) is 0 Å². The molecule has 1 aliphatic carbocycles. The van der Waals surface area contributed by atoms with Gasteiger partial charge in [0.1, 0.15) is 0 Å². The van der Waals surface area contributed by atoms with E-state index in [0.717, 1.165) is 18.4 Å². The van der Waals surface area contributed by atoms with Crippen molar-refractivity contribution in [3.8, 4) is 0 Å². The zero-order valence-electron chi connectivity index (χ0n) is 13.7. The zero-order valence-corrected chi connectivity index (χ0v) is 13.7. The van der Waals surface area contributed by atoms with Crippen LogP contribution in [0.1, 0.15) is 77.5 Å². The molecule has 1 aliphatic rings. The molecule has 1 aromatic rings. The van der Waals surface area contributed by atoms with Crippen LogP contribution < -0.4 is 0 Å². The second-order valence-electron chi connectivity index (χ2n) is 8.32.